The van der Waals surface area contributed by atoms with Gasteiger partial charge < -0.3 is 19.3 Å². The van der Waals surface area contributed by atoms with Crippen LogP contribution in [0.1, 0.15) is 126 Å². The lowest BCUT2D eigenvalue weighted by Gasteiger charge is -2.41. The average Bonchev–Trinajstić information content (AvgIpc) is 3.62. The van der Waals surface area contributed by atoms with E-state index in [9.17, 15) is 19.2 Å². The molecule has 0 saturated carbocycles. The number of ether oxygens (including phenoxy) is 2. The highest BCUT2D eigenvalue weighted by atomic mass is 16.5. The molecule has 0 N–H and O–H groups in total. The van der Waals surface area contributed by atoms with E-state index in [0.717, 1.165) is 19.3 Å². The molecular weight excluding hydrogens is 679 g/mol. The molecule has 0 spiro atoms. The Morgan fingerprint density at radius 3 is 1.91 bits per heavy atom. The predicted molar refractivity (Wildman–Crippen MR) is 219 cm³/mol. The summed E-state index contributed by atoms with van der Waals surface area (Å²) >= 11 is 0. The van der Waals surface area contributed by atoms with Crippen LogP contribution in [0.15, 0.2) is 30.3 Å². The Labute approximate surface area is 329 Å². The van der Waals surface area contributed by atoms with Crippen LogP contribution in [0.4, 0.5) is 0 Å². The van der Waals surface area contributed by atoms with Gasteiger partial charge in [-0.1, -0.05) is 99.1 Å². The van der Waals surface area contributed by atoms with Gasteiger partial charge in [-0.05, 0) is 68.9 Å². The highest BCUT2D eigenvalue weighted by molar-refractivity contribution is 5.90. The number of methoxy groups -OCH3 is 2. The molecule has 9 nitrogen and oxygen atoms in total. The molecular formula is C45H77N3O6. The molecule has 2 rings (SSSR count). The smallest absolute Gasteiger partial charge is 0.226 e. The molecule has 0 aromatic heterocycles. The van der Waals surface area contributed by atoms with Gasteiger partial charge in [0, 0.05) is 58.5 Å². The summed E-state index contributed by atoms with van der Waals surface area (Å²) in [6.07, 6.45) is 2.11. The van der Waals surface area contributed by atoms with E-state index in [2.05, 4.69) is 72.4 Å². The van der Waals surface area contributed by atoms with Crippen LogP contribution in [0.5, 0.6) is 0 Å². The van der Waals surface area contributed by atoms with Gasteiger partial charge in [0.05, 0.1) is 36.8 Å². The van der Waals surface area contributed by atoms with Gasteiger partial charge in [0.15, 0.2) is 5.78 Å². The third kappa shape index (κ3) is 12.2. The molecule has 308 valence electrons. The second-order valence-corrected chi connectivity index (χ2v) is 17.4. The third-order valence-electron chi connectivity index (χ3n) is 12.8. The third-order valence-corrected chi connectivity index (χ3v) is 12.8. The minimum absolute atomic E-state index is 0.0368. The fourth-order valence-electron chi connectivity index (χ4n) is 8.70. The zero-order valence-electron chi connectivity index (χ0n) is 36.6. The Bertz CT molecular complexity index is 1320. The number of hydrogen-bond acceptors (Lipinski definition) is 7. The molecule has 1 aromatic carbocycles. The lowest BCUT2D eigenvalue weighted by molar-refractivity contribution is -0.149. The normalized spacial score (nSPS) is 20.1. The lowest BCUT2D eigenvalue weighted by atomic mass is 9.81. The van der Waals surface area contributed by atoms with Gasteiger partial charge >= 0.3 is 0 Å². The van der Waals surface area contributed by atoms with Crippen molar-refractivity contribution in [2.45, 2.75) is 157 Å². The molecule has 1 aliphatic heterocycles. The number of carbonyl (C=O) groups is 4. The van der Waals surface area contributed by atoms with Crippen LogP contribution < -0.4 is 0 Å². The van der Waals surface area contributed by atoms with Crippen molar-refractivity contribution >= 4 is 23.4 Å². The summed E-state index contributed by atoms with van der Waals surface area (Å²) in [7, 11) is 7.05. The van der Waals surface area contributed by atoms with E-state index in [-0.39, 0.29) is 95.9 Å². The fourth-order valence-corrected chi connectivity index (χ4v) is 8.70. The minimum atomic E-state index is -0.554. The predicted octanol–water partition coefficient (Wildman–Crippen LogP) is 7.90. The van der Waals surface area contributed by atoms with Gasteiger partial charge in [-0.3, -0.25) is 24.1 Å². The topological polar surface area (TPSA) is 96.5 Å². The first-order valence-electron chi connectivity index (χ1n) is 20.8. The van der Waals surface area contributed by atoms with Gasteiger partial charge in [0.25, 0.3) is 0 Å². The van der Waals surface area contributed by atoms with Crippen molar-refractivity contribution < 1.29 is 28.7 Å². The molecule has 0 aliphatic carbocycles. The molecule has 54 heavy (non-hydrogen) atoms. The molecule has 10 atom stereocenters. The van der Waals surface area contributed by atoms with Gasteiger partial charge in [-0.25, -0.2) is 0 Å². The van der Waals surface area contributed by atoms with Crippen LogP contribution in [-0.4, -0.2) is 109 Å². The van der Waals surface area contributed by atoms with Crippen molar-refractivity contribution in [2.75, 3.05) is 34.9 Å². The van der Waals surface area contributed by atoms with E-state index >= 15 is 0 Å². The number of likely N-dealkylation sites (N-methyl/N-ethyl adjacent to an activating group) is 2. The number of likely N-dealkylation sites (tertiary alicyclic amines) is 1. The zero-order chi connectivity index (χ0) is 41.0. The van der Waals surface area contributed by atoms with Crippen molar-refractivity contribution in [1.82, 2.24) is 14.7 Å². The van der Waals surface area contributed by atoms with E-state index in [1.54, 1.807) is 19.1 Å². The van der Waals surface area contributed by atoms with Gasteiger partial charge in [0.2, 0.25) is 11.8 Å². The number of nitrogens with zero attached hydrogens (tertiary/aromatic N) is 3. The van der Waals surface area contributed by atoms with Gasteiger partial charge in [-0.2, -0.15) is 0 Å². The molecule has 2 amide bonds. The van der Waals surface area contributed by atoms with Gasteiger partial charge in [0.1, 0.15) is 5.78 Å². The molecule has 0 unspecified atom stereocenters. The molecule has 1 saturated heterocycles. The molecule has 1 fully saturated rings. The number of amides is 2. The number of benzene rings is 1. The first kappa shape index (κ1) is 47.5. The van der Waals surface area contributed by atoms with Crippen molar-refractivity contribution in [3.05, 3.63) is 35.9 Å². The Morgan fingerprint density at radius 2 is 1.41 bits per heavy atom. The molecule has 1 aliphatic rings. The highest BCUT2D eigenvalue weighted by Gasteiger charge is 2.43. The first-order valence-corrected chi connectivity index (χ1v) is 20.8. The maximum atomic E-state index is 14.4. The van der Waals surface area contributed by atoms with Crippen molar-refractivity contribution in [3.8, 4) is 0 Å². The summed E-state index contributed by atoms with van der Waals surface area (Å²) < 4.78 is 12.1. The Hall–Kier alpha value is -2.62. The van der Waals surface area contributed by atoms with E-state index < -0.39 is 18.1 Å². The Morgan fingerprint density at radius 1 is 0.796 bits per heavy atom. The summed E-state index contributed by atoms with van der Waals surface area (Å²) in [6, 6.07) is 9.62. The van der Waals surface area contributed by atoms with Crippen molar-refractivity contribution in [2.24, 2.45) is 35.5 Å². The molecule has 1 aromatic rings. The fraction of sp³-hybridized carbons (Fsp3) is 0.778. The summed E-state index contributed by atoms with van der Waals surface area (Å²) in [5, 5.41) is 0. The Kier molecular flexibility index (Phi) is 19.5. The number of carbonyl (C=O) groups excluding carboxylic acids is 4. The van der Waals surface area contributed by atoms with Crippen LogP contribution in [0.25, 0.3) is 0 Å². The van der Waals surface area contributed by atoms with Crippen LogP contribution in [0.3, 0.4) is 0 Å². The minimum Gasteiger partial charge on any atom is -0.379 e. The number of hydrogen-bond donors (Lipinski definition) is 0. The SMILES string of the molecule is CC[C@H](C)[C@@H]([C@@H](CC(=O)N1CCC[C@H]1[C@H](OC)[C@@H](C)C(=O)C[C@H](C)[C@@H](C)c1ccccc1)OC)N(C)C(=O)[C@@H](CC(=O)[C@H](C(C)C)N(C)C(C)C)C(C)C. The lowest BCUT2D eigenvalue weighted by Crippen LogP contribution is -2.54. The quantitative estimate of drug-likeness (QED) is 0.112. The Balaban J connectivity index is 2.27. The van der Waals surface area contributed by atoms with Crippen LogP contribution >= 0.6 is 0 Å². The summed E-state index contributed by atoms with van der Waals surface area (Å²) in [5.74, 6) is -0.282. The van der Waals surface area contributed by atoms with Crippen LogP contribution in [-0.2, 0) is 28.7 Å². The van der Waals surface area contributed by atoms with E-state index in [1.807, 2.05) is 58.0 Å². The summed E-state index contributed by atoms with van der Waals surface area (Å²) in [5.41, 5.74) is 1.22. The van der Waals surface area contributed by atoms with Gasteiger partial charge in [-0.15, -0.1) is 0 Å². The average molecular weight is 756 g/mol. The second kappa shape index (κ2) is 22.2. The van der Waals surface area contributed by atoms with Crippen molar-refractivity contribution in [3.63, 3.8) is 0 Å². The molecule has 9 heteroatoms. The largest absolute Gasteiger partial charge is 0.379 e. The zero-order valence-corrected chi connectivity index (χ0v) is 36.6. The van der Waals surface area contributed by atoms with E-state index in [4.69, 9.17) is 9.47 Å². The van der Waals surface area contributed by atoms with Crippen LogP contribution in [0.2, 0.25) is 0 Å². The monoisotopic (exact) mass is 756 g/mol. The maximum Gasteiger partial charge on any atom is 0.226 e. The van der Waals surface area contributed by atoms with E-state index in [1.165, 1.54) is 5.56 Å². The number of Topliss-reactive ketones (excluding diaryl/α,β-unsaturated/α-hetero) is 2. The standard InChI is InChI=1S/C45H77N3O6/c1-16-31(8)43(47(13)45(52)36(28(2)3)26-39(50)42(29(4)5)46(12)30(6)7)40(53-14)27-41(51)48-24-20-23-37(48)44(54-15)34(11)38(49)25-32(9)33(10)35-21-18-17-19-22-35/h17-19,21-22,28-34,36-37,40,42-44H,16,20,23-27H2,1-15H3/t31-,32-,33+,34-,36-,37-,40+,42-,43-,44+/m0/s1. The number of rotatable bonds is 23. The first-order chi connectivity index (χ1) is 25.3. The van der Waals surface area contributed by atoms with E-state index in [0.29, 0.717) is 13.0 Å². The second-order valence-electron chi connectivity index (χ2n) is 17.4. The highest BCUT2D eigenvalue weighted by Crippen LogP contribution is 2.33. The summed E-state index contributed by atoms with van der Waals surface area (Å²) in [6.45, 7) is 23.3. The number of ketones is 2. The molecule has 0 radical (unpaired) electrons. The summed E-state index contributed by atoms with van der Waals surface area (Å²) in [4.78, 5) is 62.0. The molecule has 0 bridgehead atoms. The van der Waals surface area contributed by atoms with Crippen molar-refractivity contribution in [1.29, 1.82) is 0 Å². The van der Waals surface area contributed by atoms with Crippen LogP contribution in [0, 0.1) is 35.5 Å². The maximum absolute atomic E-state index is 14.4. The molecule has 1 heterocycles.